The third-order valence-electron chi connectivity index (χ3n) is 6.16. The van der Waals surface area contributed by atoms with Crippen LogP contribution in [0.15, 0.2) is 77.3 Å². The summed E-state index contributed by atoms with van der Waals surface area (Å²) in [4.78, 5) is 40.6. The van der Waals surface area contributed by atoms with Gasteiger partial charge in [-0.15, -0.1) is 0 Å². The lowest BCUT2D eigenvalue weighted by Crippen LogP contribution is -2.30. The van der Waals surface area contributed by atoms with Crippen LogP contribution in [0.25, 0.3) is 22.5 Å². The van der Waals surface area contributed by atoms with E-state index in [1.54, 1.807) is 6.92 Å². The molecule has 0 radical (unpaired) electrons. The summed E-state index contributed by atoms with van der Waals surface area (Å²) in [5, 5.41) is 9.69. The number of nitrogens with one attached hydrogen (secondary N) is 2. The van der Waals surface area contributed by atoms with Crippen molar-refractivity contribution < 1.29 is 28.4 Å². The van der Waals surface area contributed by atoms with Crippen molar-refractivity contribution in [2.75, 3.05) is 5.32 Å². The van der Waals surface area contributed by atoms with Crippen LogP contribution in [0, 0.1) is 6.92 Å². The Morgan fingerprint density at radius 2 is 1.66 bits per heavy atom. The zero-order chi connectivity index (χ0) is 27.1. The molecule has 0 saturated carbocycles. The van der Waals surface area contributed by atoms with Gasteiger partial charge in [0.25, 0.3) is 0 Å². The van der Waals surface area contributed by atoms with Crippen molar-refractivity contribution in [3.63, 3.8) is 0 Å². The molecule has 4 aromatic rings. The Bertz CT molecular complexity index is 1470. The fraction of sp³-hybridized carbons (Fsp3) is 0.172. The maximum Gasteiger partial charge on any atom is 0.412 e. The van der Waals surface area contributed by atoms with E-state index in [2.05, 4.69) is 34.0 Å². The molecule has 5 rings (SSSR count). The second kappa shape index (κ2) is 11.8. The summed E-state index contributed by atoms with van der Waals surface area (Å²) in [6, 6.07) is 23.5. The van der Waals surface area contributed by atoms with Crippen LogP contribution in [-0.4, -0.2) is 23.3 Å². The summed E-state index contributed by atoms with van der Waals surface area (Å²) >= 11 is 0. The highest BCUT2D eigenvalue weighted by Gasteiger charge is 2.20. The molecule has 1 aliphatic heterocycles. The van der Waals surface area contributed by atoms with E-state index in [0.29, 0.717) is 30.1 Å². The Kier molecular flexibility index (Phi) is 8.10. The van der Waals surface area contributed by atoms with Crippen LogP contribution in [-0.2, 0) is 32.1 Å². The summed E-state index contributed by atoms with van der Waals surface area (Å²) in [5.74, 6) is 0.503. The van der Waals surface area contributed by atoms with Gasteiger partial charge in [0.05, 0.1) is 6.42 Å². The minimum Gasteiger partial charge on any atom is -0.441 e. The average Bonchev–Trinajstić information content (AvgIpc) is 3.28. The van der Waals surface area contributed by atoms with Gasteiger partial charge >= 0.3 is 12.2 Å². The molecule has 0 saturated heterocycles. The van der Waals surface area contributed by atoms with Gasteiger partial charge in [0.2, 0.25) is 5.91 Å². The summed E-state index contributed by atoms with van der Waals surface area (Å²) < 4.78 is 11.1. The predicted molar refractivity (Wildman–Crippen MR) is 138 cm³/mol. The lowest BCUT2D eigenvalue weighted by atomic mass is 9.94. The number of hydrogen-bond donors (Lipinski definition) is 2. The number of aryl methyl sites for hydroxylation is 1. The van der Waals surface area contributed by atoms with Gasteiger partial charge in [0.15, 0.2) is 5.76 Å². The SMILES string of the molecule is Cc1noc(-c2ccc(-c3ccc4c(c3)CC(=O)NC4)cc2)c1NC(=O)OC(C)c1ccccc1.O=C=O. The third-order valence-corrected chi connectivity index (χ3v) is 6.16. The maximum atomic E-state index is 12.6. The van der Waals surface area contributed by atoms with Crippen LogP contribution in [0.2, 0.25) is 0 Å². The zero-order valence-electron chi connectivity index (χ0n) is 20.8. The van der Waals surface area contributed by atoms with Gasteiger partial charge in [0.1, 0.15) is 17.5 Å². The number of benzene rings is 3. The van der Waals surface area contributed by atoms with E-state index in [1.165, 1.54) is 0 Å². The van der Waals surface area contributed by atoms with Crippen LogP contribution in [0.4, 0.5) is 10.5 Å². The number of fused-ring (bicyclic) bond motifs is 1. The van der Waals surface area contributed by atoms with Gasteiger partial charge < -0.3 is 14.6 Å². The Labute approximate surface area is 218 Å². The fourth-order valence-electron chi connectivity index (χ4n) is 4.18. The second-order valence-corrected chi connectivity index (χ2v) is 8.65. The van der Waals surface area contributed by atoms with Crippen molar-refractivity contribution in [2.45, 2.75) is 32.9 Å². The predicted octanol–water partition coefficient (Wildman–Crippen LogP) is 5.22. The van der Waals surface area contributed by atoms with Gasteiger partial charge in [-0.1, -0.05) is 78.0 Å². The van der Waals surface area contributed by atoms with Crippen LogP contribution in [0.3, 0.4) is 0 Å². The molecule has 9 nitrogen and oxygen atoms in total. The van der Waals surface area contributed by atoms with Crippen molar-refractivity contribution in [1.29, 1.82) is 0 Å². The van der Waals surface area contributed by atoms with E-state index in [0.717, 1.165) is 33.4 Å². The normalized spacial score (nSPS) is 12.6. The topological polar surface area (TPSA) is 128 Å². The van der Waals surface area contributed by atoms with Crippen LogP contribution in [0.1, 0.15) is 35.4 Å². The first-order valence-corrected chi connectivity index (χ1v) is 11.9. The van der Waals surface area contributed by atoms with Gasteiger partial charge in [0, 0.05) is 12.1 Å². The Morgan fingerprint density at radius 3 is 2.37 bits per heavy atom. The molecule has 2 amide bonds. The largest absolute Gasteiger partial charge is 0.441 e. The first-order valence-electron chi connectivity index (χ1n) is 11.9. The molecule has 0 fully saturated rings. The summed E-state index contributed by atoms with van der Waals surface area (Å²) in [7, 11) is 0. The van der Waals surface area contributed by atoms with Crippen molar-refractivity contribution in [1.82, 2.24) is 10.5 Å². The van der Waals surface area contributed by atoms with Gasteiger partial charge in [-0.3, -0.25) is 10.1 Å². The Morgan fingerprint density at radius 1 is 1.00 bits per heavy atom. The lowest BCUT2D eigenvalue weighted by Gasteiger charge is -2.17. The van der Waals surface area contributed by atoms with Crippen LogP contribution >= 0.6 is 0 Å². The Balaban J connectivity index is 0.00000107. The summed E-state index contributed by atoms with van der Waals surface area (Å²) in [6.45, 7) is 4.16. The molecule has 3 aromatic carbocycles. The van der Waals surface area contributed by atoms with Gasteiger partial charge in [-0.25, -0.2) is 4.79 Å². The maximum absolute atomic E-state index is 12.6. The van der Waals surface area contributed by atoms with E-state index < -0.39 is 12.2 Å². The highest BCUT2D eigenvalue weighted by atomic mass is 16.6. The molecule has 0 aliphatic carbocycles. The summed E-state index contributed by atoms with van der Waals surface area (Å²) in [5.41, 5.74) is 6.97. The highest BCUT2D eigenvalue weighted by Crippen LogP contribution is 2.33. The molecular weight excluding hydrogens is 486 g/mol. The standard InChI is InChI=1S/C28H25N3O4.CO2/c1-17-26(30-28(33)34-18(2)19-6-4-3-5-7-19)27(35-31-17)21-10-8-20(9-11-21)22-12-13-23-16-29-25(32)15-24(23)14-22;2-1-3/h3-14,18H,15-16H2,1-2H3,(H,29,32)(H,30,33);. The van der Waals surface area contributed by atoms with E-state index >= 15 is 0 Å². The number of aromatic nitrogens is 1. The number of rotatable bonds is 5. The molecule has 2 heterocycles. The summed E-state index contributed by atoms with van der Waals surface area (Å²) in [6.07, 6.45) is -0.336. The quantitative estimate of drug-likeness (QED) is 0.376. The first-order chi connectivity index (χ1) is 18.4. The minimum absolute atomic E-state index is 0.0439. The molecule has 192 valence electrons. The molecule has 1 aromatic heterocycles. The third kappa shape index (κ3) is 6.03. The lowest BCUT2D eigenvalue weighted by molar-refractivity contribution is -0.191. The number of anilines is 1. The van der Waals surface area contributed by atoms with E-state index in [1.807, 2.05) is 61.5 Å². The zero-order valence-corrected chi connectivity index (χ0v) is 20.8. The molecule has 1 aliphatic rings. The Hall–Kier alpha value is -5.01. The monoisotopic (exact) mass is 511 g/mol. The van der Waals surface area contributed by atoms with Crippen molar-refractivity contribution in [2.24, 2.45) is 0 Å². The smallest absolute Gasteiger partial charge is 0.412 e. The van der Waals surface area contributed by atoms with Crippen molar-refractivity contribution >= 4 is 23.8 Å². The molecule has 38 heavy (non-hydrogen) atoms. The molecule has 1 atom stereocenters. The van der Waals surface area contributed by atoms with Crippen LogP contribution in [0.5, 0.6) is 0 Å². The van der Waals surface area contributed by atoms with Crippen molar-refractivity contribution in [3.8, 4) is 22.5 Å². The molecule has 9 heteroatoms. The fourth-order valence-corrected chi connectivity index (χ4v) is 4.18. The van der Waals surface area contributed by atoms with Gasteiger partial charge in [-0.2, -0.15) is 9.59 Å². The average molecular weight is 512 g/mol. The second-order valence-electron chi connectivity index (χ2n) is 8.65. The molecule has 0 bridgehead atoms. The number of ether oxygens (including phenoxy) is 1. The molecule has 2 N–H and O–H groups in total. The molecular formula is C29H25N3O6. The first kappa shape index (κ1) is 26.1. The minimum atomic E-state index is -0.580. The number of carbonyl (C=O) groups is 2. The number of hydrogen-bond acceptors (Lipinski definition) is 7. The van der Waals surface area contributed by atoms with Crippen molar-refractivity contribution in [3.05, 3.63) is 95.2 Å². The van der Waals surface area contributed by atoms with E-state index in [9.17, 15) is 9.59 Å². The number of carbonyl (C=O) groups excluding carboxylic acids is 4. The van der Waals surface area contributed by atoms with E-state index in [-0.39, 0.29) is 12.1 Å². The van der Waals surface area contributed by atoms with Crippen LogP contribution < -0.4 is 10.6 Å². The number of nitrogens with zero attached hydrogens (tertiary/aromatic N) is 1. The molecule has 1 unspecified atom stereocenters. The van der Waals surface area contributed by atoms with Gasteiger partial charge in [-0.05, 0) is 41.7 Å². The highest BCUT2D eigenvalue weighted by molar-refractivity contribution is 5.91. The number of amides is 2. The van der Waals surface area contributed by atoms with E-state index in [4.69, 9.17) is 18.8 Å². The molecule has 0 spiro atoms.